The van der Waals surface area contributed by atoms with Gasteiger partial charge in [0, 0.05) is 18.3 Å². The number of ether oxygens (including phenoxy) is 1. The largest absolute Gasteiger partial charge is 0.461 e. The van der Waals surface area contributed by atoms with Gasteiger partial charge < -0.3 is 4.74 Å². The maximum atomic E-state index is 13.0. The maximum Gasteiger partial charge on any atom is 0.416 e. The van der Waals surface area contributed by atoms with E-state index in [0.29, 0.717) is 0 Å². The lowest BCUT2D eigenvalue weighted by molar-refractivity contribution is -0.138. The van der Waals surface area contributed by atoms with Crippen molar-refractivity contribution in [3.05, 3.63) is 63.1 Å². The van der Waals surface area contributed by atoms with Crippen LogP contribution in [0.25, 0.3) is 0 Å². The molecule has 0 radical (unpaired) electrons. The highest BCUT2D eigenvalue weighted by Gasteiger charge is 2.32. The summed E-state index contributed by atoms with van der Waals surface area (Å²) in [5.74, 6) is -0.847. The van der Waals surface area contributed by atoms with Gasteiger partial charge in [0.05, 0.1) is 12.2 Å². The zero-order valence-electron chi connectivity index (χ0n) is 13.8. The van der Waals surface area contributed by atoms with Gasteiger partial charge in [-0.3, -0.25) is 9.48 Å². The third kappa shape index (κ3) is 4.46. The van der Waals surface area contributed by atoms with Crippen LogP contribution >= 0.6 is 0 Å². The number of carbonyl (C=O) groups is 1. The van der Waals surface area contributed by atoms with Gasteiger partial charge in [0.1, 0.15) is 0 Å². The number of aromatic nitrogens is 2. The maximum absolute atomic E-state index is 13.0. The molecule has 1 aromatic heterocycles. The first-order chi connectivity index (χ1) is 11.7. The third-order valence-electron chi connectivity index (χ3n) is 3.55. The Morgan fingerprint density at radius 3 is 2.60 bits per heavy atom. The molecular formula is C17H17F3N2O3. The standard InChI is InChI=1S/C17H17F3N2O3/c1-3-25-16(24)14-15(23)11(2)10-22(21-14)9-8-12-6-4-5-7-13(12)17(18,19)20/h4-7,10H,3,8-9H2,1-2H3. The van der Waals surface area contributed by atoms with Crippen LogP contribution in [0.3, 0.4) is 0 Å². The molecule has 0 aliphatic heterocycles. The number of rotatable bonds is 5. The zero-order chi connectivity index (χ0) is 18.6. The quantitative estimate of drug-likeness (QED) is 0.775. The topological polar surface area (TPSA) is 61.2 Å². The molecule has 1 aromatic carbocycles. The third-order valence-corrected chi connectivity index (χ3v) is 3.55. The molecular weight excluding hydrogens is 337 g/mol. The van der Waals surface area contributed by atoms with Crippen LogP contribution in [0.4, 0.5) is 13.2 Å². The second-order valence-corrected chi connectivity index (χ2v) is 5.38. The summed E-state index contributed by atoms with van der Waals surface area (Å²) in [4.78, 5) is 23.8. The molecule has 1 heterocycles. The number of carbonyl (C=O) groups excluding carboxylic acids is 1. The second kappa shape index (κ2) is 7.50. The predicted octanol–water partition coefficient (Wildman–Crippen LogP) is 2.99. The Bertz CT molecular complexity index is 829. The number of benzene rings is 1. The van der Waals surface area contributed by atoms with Crippen LogP contribution in [0, 0.1) is 6.92 Å². The normalized spacial score (nSPS) is 11.4. The molecule has 0 aliphatic rings. The average molecular weight is 354 g/mol. The first kappa shape index (κ1) is 18.7. The van der Waals surface area contributed by atoms with Gasteiger partial charge in [0.2, 0.25) is 11.1 Å². The molecule has 5 nitrogen and oxygen atoms in total. The van der Waals surface area contributed by atoms with Crippen LogP contribution in [0.15, 0.2) is 35.3 Å². The van der Waals surface area contributed by atoms with E-state index in [9.17, 15) is 22.8 Å². The van der Waals surface area contributed by atoms with Crippen molar-refractivity contribution in [2.75, 3.05) is 6.61 Å². The van der Waals surface area contributed by atoms with E-state index in [1.165, 1.54) is 36.0 Å². The van der Waals surface area contributed by atoms with Crippen molar-refractivity contribution in [2.45, 2.75) is 33.0 Å². The molecule has 0 saturated heterocycles. The minimum Gasteiger partial charge on any atom is -0.461 e. The Labute approximate surface area is 142 Å². The van der Waals surface area contributed by atoms with Crippen molar-refractivity contribution in [2.24, 2.45) is 0 Å². The van der Waals surface area contributed by atoms with Gasteiger partial charge in [-0.25, -0.2) is 4.79 Å². The lowest BCUT2D eigenvalue weighted by atomic mass is 10.0. The van der Waals surface area contributed by atoms with Crippen LogP contribution in [-0.4, -0.2) is 22.4 Å². The van der Waals surface area contributed by atoms with E-state index in [0.717, 1.165) is 6.07 Å². The molecule has 25 heavy (non-hydrogen) atoms. The van der Waals surface area contributed by atoms with Crippen molar-refractivity contribution in [1.29, 1.82) is 0 Å². The molecule has 2 aromatic rings. The first-order valence-electron chi connectivity index (χ1n) is 7.64. The number of aryl methyl sites for hydroxylation is 3. The zero-order valence-corrected chi connectivity index (χ0v) is 13.8. The fraction of sp³-hybridized carbons (Fsp3) is 0.353. The molecule has 0 bridgehead atoms. The van der Waals surface area contributed by atoms with Gasteiger partial charge in [0.15, 0.2) is 0 Å². The van der Waals surface area contributed by atoms with Crippen molar-refractivity contribution >= 4 is 5.97 Å². The molecule has 0 fully saturated rings. The average Bonchev–Trinajstić information content (AvgIpc) is 2.55. The molecule has 8 heteroatoms. The fourth-order valence-electron chi connectivity index (χ4n) is 2.37. The molecule has 0 spiro atoms. The highest BCUT2D eigenvalue weighted by atomic mass is 19.4. The lowest BCUT2D eigenvalue weighted by Gasteiger charge is -2.13. The number of esters is 1. The molecule has 0 amide bonds. The van der Waals surface area contributed by atoms with E-state index in [2.05, 4.69) is 5.10 Å². The van der Waals surface area contributed by atoms with Crippen LogP contribution in [0.1, 0.15) is 34.1 Å². The molecule has 0 aliphatic carbocycles. The molecule has 2 rings (SSSR count). The van der Waals surface area contributed by atoms with Gasteiger partial charge in [-0.2, -0.15) is 18.3 Å². The van der Waals surface area contributed by atoms with Crippen LogP contribution in [0.2, 0.25) is 0 Å². The number of alkyl halides is 3. The Balaban J connectivity index is 2.28. The van der Waals surface area contributed by atoms with Gasteiger partial charge >= 0.3 is 12.1 Å². The highest BCUT2D eigenvalue weighted by molar-refractivity contribution is 5.87. The van der Waals surface area contributed by atoms with Gasteiger partial charge in [-0.05, 0) is 31.9 Å². The smallest absolute Gasteiger partial charge is 0.416 e. The van der Waals surface area contributed by atoms with E-state index in [1.807, 2.05) is 0 Å². The molecule has 0 N–H and O–H groups in total. The summed E-state index contributed by atoms with van der Waals surface area (Å²) in [7, 11) is 0. The minimum absolute atomic E-state index is 0.0489. The van der Waals surface area contributed by atoms with E-state index < -0.39 is 23.1 Å². The van der Waals surface area contributed by atoms with Gasteiger partial charge in [0.25, 0.3) is 0 Å². The Hall–Kier alpha value is -2.64. The van der Waals surface area contributed by atoms with Crippen molar-refractivity contribution < 1.29 is 22.7 Å². The van der Waals surface area contributed by atoms with Crippen LogP contribution in [0.5, 0.6) is 0 Å². The summed E-state index contributed by atoms with van der Waals surface area (Å²) >= 11 is 0. The number of nitrogens with zero attached hydrogens (tertiary/aromatic N) is 2. The molecule has 0 saturated carbocycles. The Morgan fingerprint density at radius 1 is 1.28 bits per heavy atom. The number of hydrogen-bond acceptors (Lipinski definition) is 4. The van der Waals surface area contributed by atoms with Crippen LogP contribution < -0.4 is 5.43 Å². The molecule has 0 atom stereocenters. The summed E-state index contributed by atoms with van der Waals surface area (Å²) in [5.41, 5.74) is -1.25. The van der Waals surface area contributed by atoms with E-state index in [1.54, 1.807) is 6.92 Å². The fourth-order valence-corrected chi connectivity index (χ4v) is 2.37. The predicted molar refractivity (Wildman–Crippen MR) is 84.3 cm³/mol. The van der Waals surface area contributed by atoms with E-state index in [-0.39, 0.29) is 36.4 Å². The number of hydrogen-bond donors (Lipinski definition) is 0. The van der Waals surface area contributed by atoms with Crippen LogP contribution in [-0.2, 0) is 23.9 Å². The summed E-state index contributed by atoms with van der Waals surface area (Å²) < 4.78 is 45.1. The second-order valence-electron chi connectivity index (χ2n) is 5.38. The molecule has 134 valence electrons. The summed E-state index contributed by atoms with van der Waals surface area (Å²) in [6.07, 6.45) is -2.99. The van der Waals surface area contributed by atoms with Crippen molar-refractivity contribution in [3.8, 4) is 0 Å². The van der Waals surface area contributed by atoms with Crippen molar-refractivity contribution in [1.82, 2.24) is 9.78 Å². The first-order valence-corrected chi connectivity index (χ1v) is 7.64. The summed E-state index contributed by atoms with van der Waals surface area (Å²) in [5, 5.41) is 3.91. The lowest BCUT2D eigenvalue weighted by Crippen LogP contribution is -2.26. The monoisotopic (exact) mass is 354 g/mol. The van der Waals surface area contributed by atoms with Gasteiger partial charge in [-0.15, -0.1) is 0 Å². The Morgan fingerprint density at radius 2 is 1.96 bits per heavy atom. The minimum atomic E-state index is -4.44. The SMILES string of the molecule is CCOC(=O)c1nn(CCc2ccccc2C(F)(F)F)cc(C)c1=O. The summed E-state index contributed by atoms with van der Waals surface area (Å²) in [6, 6.07) is 5.26. The highest BCUT2D eigenvalue weighted by Crippen LogP contribution is 2.32. The van der Waals surface area contributed by atoms with Gasteiger partial charge in [-0.1, -0.05) is 18.2 Å². The summed E-state index contributed by atoms with van der Waals surface area (Å²) in [6.45, 7) is 3.28. The molecule has 0 unspecified atom stereocenters. The van der Waals surface area contributed by atoms with E-state index in [4.69, 9.17) is 4.74 Å². The Kier molecular flexibility index (Phi) is 5.61. The van der Waals surface area contributed by atoms with E-state index >= 15 is 0 Å². The number of halogens is 3. The van der Waals surface area contributed by atoms with Crippen molar-refractivity contribution in [3.63, 3.8) is 0 Å².